The molecular formula is C30H34O12. The van der Waals surface area contributed by atoms with Crippen LogP contribution in [0, 0.1) is 0 Å². The SMILES string of the molecule is CCOC(=O)C(CCC(OC(=O)c1ccccc1)(C(=O)OCC)C(=O)OCC)(OC(=O)c1ccccc1)C(=O)OCC. The third kappa shape index (κ3) is 7.93. The second kappa shape index (κ2) is 15.9. The first-order valence-corrected chi connectivity index (χ1v) is 13.4. The highest BCUT2D eigenvalue weighted by Gasteiger charge is 2.59. The van der Waals surface area contributed by atoms with Gasteiger partial charge in [-0.1, -0.05) is 36.4 Å². The van der Waals surface area contributed by atoms with Gasteiger partial charge < -0.3 is 28.4 Å². The van der Waals surface area contributed by atoms with Crippen LogP contribution in [0.3, 0.4) is 0 Å². The van der Waals surface area contributed by atoms with Crippen molar-refractivity contribution in [2.45, 2.75) is 51.7 Å². The molecule has 0 bridgehead atoms. The topological polar surface area (TPSA) is 158 Å². The van der Waals surface area contributed by atoms with Gasteiger partial charge in [0.2, 0.25) is 0 Å². The van der Waals surface area contributed by atoms with Crippen LogP contribution in [-0.4, -0.2) is 73.4 Å². The van der Waals surface area contributed by atoms with Gasteiger partial charge in [0.05, 0.1) is 37.6 Å². The molecule has 2 aromatic rings. The molecule has 0 aliphatic heterocycles. The summed E-state index contributed by atoms with van der Waals surface area (Å²) in [6.45, 7) is 4.90. The van der Waals surface area contributed by atoms with Crippen LogP contribution in [0.15, 0.2) is 60.7 Å². The van der Waals surface area contributed by atoms with E-state index in [1.165, 1.54) is 76.2 Å². The maximum absolute atomic E-state index is 13.4. The lowest BCUT2D eigenvalue weighted by atomic mass is 9.88. The molecule has 0 fully saturated rings. The zero-order valence-corrected chi connectivity index (χ0v) is 23.9. The van der Waals surface area contributed by atoms with Crippen LogP contribution in [0.2, 0.25) is 0 Å². The summed E-state index contributed by atoms with van der Waals surface area (Å²) in [5.74, 6) is -7.52. The van der Waals surface area contributed by atoms with Gasteiger partial charge in [-0.15, -0.1) is 0 Å². The fourth-order valence-corrected chi connectivity index (χ4v) is 3.77. The molecule has 2 aromatic carbocycles. The molecule has 0 aliphatic carbocycles. The van der Waals surface area contributed by atoms with Crippen LogP contribution < -0.4 is 0 Å². The summed E-state index contributed by atoms with van der Waals surface area (Å²) in [5.41, 5.74) is -5.67. The van der Waals surface area contributed by atoms with Crippen molar-refractivity contribution in [1.29, 1.82) is 0 Å². The molecule has 0 radical (unpaired) electrons. The van der Waals surface area contributed by atoms with Gasteiger partial charge in [-0.05, 0) is 52.0 Å². The summed E-state index contributed by atoms with van der Waals surface area (Å²) in [7, 11) is 0. The zero-order valence-electron chi connectivity index (χ0n) is 23.9. The molecule has 0 heterocycles. The molecule has 0 amide bonds. The first kappa shape index (κ1) is 33.5. The summed E-state index contributed by atoms with van der Waals surface area (Å²) in [6, 6.07) is 14.9. The van der Waals surface area contributed by atoms with E-state index in [2.05, 4.69) is 0 Å². The summed E-state index contributed by atoms with van der Waals surface area (Å²) in [6.07, 6.45) is -1.80. The van der Waals surface area contributed by atoms with Crippen molar-refractivity contribution < 1.29 is 57.2 Å². The maximum Gasteiger partial charge on any atom is 0.362 e. The van der Waals surface area contributed by atoms with Crippen molar-refractivity contribution in [2.24, 2.45) is 0 Å². The Morgan fingerprint density at radius 3 is 0.976 bits per heavy atom. The van der Waals surface area contributed by atoms with E-state index in [-0.39, 0.29) is 37.6 Å². The number of carbonyl (C=O) groups excluding carboxylic acids is 6. The number of ether oxygens (including phenoxy) is 6. The van der Waals surface area contributed by atoms with Gasteiger partial charge in [-0.25, -0.2) is 28.8 Å². The lowest BCUT2D eigenvalue weighted by Gasteiger charge is -2.33. The van der Waals surface area contributed by atoms with Crippen LogP contribution in [0.4, 0.5) is 0 Å². The molecule has 0 saturated carbocycles. The minimum Gasteiger partial charge on any atom is -0.463 e. The molecule has 226 valence electrons. The quantitative estimate of drug-likeness (QED) is 0.171. The van der Waals surface area contributed by atoms with Crippen LogP contribution in [-0.2, 0) is 47.6 Å². The van der Waals surface area contributed by atoms with E-state index in [0.717, 1.165) is 0 Å². The highest BCUT2D eigenvalue weighted by atomic mass is 16.6. The Hall–Kier alpha value is -4.74. The van der Waals surface area contributed by atoms with Crippen molar-refractivity contribution in [2.75, 3.05) is 26.4 Å². The Morgan fingerprint density at radius 2 is 0.738 bits per heavy atom. The van der Waals surface area contributed by atoms with E-state index < -0.39 is 59.9 Å². The molecule has 42 heavy (non-hydrogen) atoms. The Bertz CT molecular complexity index is 1110. The monoisotopic (exact) mass is 586 g/mol. The largest absolute Gasteiger partial charge is 0.463 e. The highest BCUT2D eigenvalue weighted by molar-refractivity contribution is 6.09. The van der Waals surface area contributed by atoms with Gasteiger partial charge in [0.15, 0.2) is 0 Å². The second-order valence-corrected chi connectivity index (χ2v) is 8.55. The molecule has 0 unspecified atom stereocenters. The fraction of sp³-hybridized carbons (Fsp3) is 0.400. The Labute approximate surface area is 243 Å². The zero-order chi connectivity index (χ0) is 31.2. The molecule has 2 rings (SSSR count). The van der Waals surface area contributed by atoms with Gasteiger partial charge in [0.1, 0.15) is 0 Å². The van der Waals surface area contributed by atoms with Crippen molar-refractivity contribution in [3.05, 3.63) is 71.8 Å². The summed E-state index contributed by atoms with van der Waals surface area (Å²) in [5, 5.41) is 0. The predicted octanol–water partition coefficient (Wildman–Crippen LogP) is 3.21. The van der Waals surface area contributed by atoms with Crippen LogP contribution in [0.1, 0.15) is 61.3 Å². The molecule has 0 atom stereocenters. The molecule has 0 aromatic heterocycles. The Kier molecular flexibility index (Phi) is 12.7. The first-order chi connectivity index (χ1) is 20.1. The smallest absolute Gasteiger partial charge is 0.362 e. The van der Waals surface area contributed by atoms with E-state index in [1.807, 2.05) is 0 Å². The average Bonchev–Trinajstić information content (AvgIpc) is 2.99. The minimum atomic E-state index is -2.82. The summed E-state index contributed by atoms with van der Waals surface area (Å²) < 4.78 is 31.3. The van der Waals surface area contributed by atoms with E-state index in [1.54, 1.807) is 12.1 Å². The number of hydrogen-bond acceptors (Lipinski definition) is 12. The lowest BCUT2D eigenvalue weighted by molar-refractivity contribution is -0.193. The number of esters is 6. The third-order valence-corrected chi connectivity index (χ3v) is 5.80. The van der Waals surface area contributed by atoms with Crippen LogP contribution in [0.5, 0.6) is 0 Å². The van der Waals surface area contributed by atoms with Crippen molar-refractivity contribution in [3.8, 4) is 0 Å². The van der Waals surface area contributed by atoms with Crippen LogP contribution >= 0.6 is 0 Å². The van der Waals surface area contributed by atoms with Crippen molar-refractivity contribution >= 4 is 35.8 Å². The molecule has 0 N–H and O–H groups in total. The number of hydrogen-bond donors (Lipinski definition) is 0. The van der Waals surface area contributed by atoms with E-state index in [0.29, 0.717) is 0 Å². The maximum atomic E-state index is 13.4. The fourth-order valence-electron chi connectivity index (χ4n) is 3.77. The number of carbonyl (C=O) groups is 6. The van der Waals surface area contributed by atoms with E-state index in [9.17, 15) is 28.8 Å². The standard InChI is InChI=1S/C30H34O12/c1-5-37-25(33)29(26(34)38-6-2,41-23(31)21-15-11-9-12-16-21)19-20-30(27(35)39-7-3,28(36)40-8-4)42-24(32)22-17-13-10-14-18-22/h9-18H,5-8,19-20H2,1-4H3. The Morgan fingerprint density at radius 1 is 0.476 bits per heavy atom. The van der Waals surface area contributed by atoms with E-state index in [4.69, 9.17) is 28.4 Å². The highest BCUT2D eigenvalue weighted by Crippen LogP contribution is 2.32. The average molecular weight is 587 g/mol. The van der Waals surface area contributed by atoms with Gasteiger partial charge in [-0.3, -0.25) is 0 Å². The molecule has 0 spiro atoms. The summed E-state index contributed by atoms with van der Waals surface area (Å²) >= 11 is 0. The third-order valence-electron chi connectivity index (χ3n) is 5.80. The van der Waals surface area contributed by atoms with Gasteiger partial charge in [0, 0.05) is 12.8 Å². The molecule has 0 aliphatic rings. The van der Waals surface area contributed by atoms with Crippen molar-refractivity contribution in [3.63, 3.8) is 0 Å². The van der Waals surface area contributed by atoms with Gasteiger partial charge in [-0.2, -0.15) is 0 Å². The molecule has 12 nitrogen and oxygen atoms in total. The first-order valence-electron chi connectivity index (χ1n) is 13.4. The van der Waals surface area contributed by atoms with Crippen molar-refractivity contribution in [1.82, 2.24) is 0 Å². The molecule has 12 heteroatoms. The van der Waals surface area contributed by atoms with Gasteiger partial charge in [0.25, 0.3) is 0 Å². The second-order valence-electron chi connectivity index (χ2n) is 8.55. The predicted molar refractivity (Wildman–Crippen MR) is 145 cm³/mol. The normalized spacial score (nSPS) is 11.0. The molecular weight excluding hydrogens is 552 g/mol. The number of benzene rings is 2. The molecule has 0 saturated heterocycles. The Balaban J connectivity index is 2.69. The summed E-state index contributed by atoms with van der Waals surface area (Å²) in [4.78, 5) is 79.7. The number of rotatable bonds is 15. The minimum absolute atomic E-state index is 0.0203. The van der Waals surface area contributed by atoms with Gasteiger partial charge >= 0.3 is 47.0 Å². The van der Waals surface area contributed by atoms with Crippen LogP contribution in [0.25, 0.3) is 0 Å². The van der Waals surface area contributed by atoms with E-state index >= 15 is 0 Å². The lowest BCUT2D eigenvalue weighted by Crippen LogP contribution is -2.57.